The molecule has 6 nitrogen and oxygen atoms in total. The summed E-state index contributed by atoms with van der Waals surface area (Å²) in [6.07, 6.45) is 0. The van der Waals surface area contributed by atoms with Gasteiger partial charge in [0.1, 0.15) is 23.0 Å². The number of thiocarbonyl (C=S) groups is 1. The maximum Gasteiger partial charge on any atom is 0.342 e. The second-order valence-electron chi connectivity index (χ2n) is 4.29. The van der Waals surface area contributed by atoms with Gasteiger partial charge in [-0.3, -0.25) is 0 Å². The minimum absolute atomic E-state index is 0.0570. The standard InChI is InChI=1S/C15H13N3O3S/c1-9-12(14(19)20-2)11(8-16)13(21-9)18-15(22)17-10-6-4-3-5-7-10/h3-7H,1-2H3,(H2,17,18,22). The van der Waals surface area contributed by atoms with Crippen LogP contribution in [0.5, 0.6) is 0 Å². The molecule has 2 N–H and O–H groups in total. The number of esters is 1. The van der Waals surface area contributed by atoms with Gasteiger partial charge in [-0.05, 0) is 31.3 Å². The van der Waals surface area contributed by atoms with E-state index in [2.05, 4.69) is 15.4 Å². The maximum atomic E-state index is 11.7. The number of carbonyl (C=O) groups excluding carboxylic acids is 1. The van der Waals surface area contributed by atoms with Crippen molar-refractivity contribution in [1.29, 1.82) is 5.26 Å². The van der Waals surface area contributed by atoms with Gasteiger partial charge in [0, 0.05) is 5.69 Å². The maximum absolute atomic E-state index is 11.7. The molecule has 0 aliphatic rings. The van der Waals surface area contributed by atoms with Crippen molar-refractivity contribution in [2.45, 2.75) is 6.92 Å². The molecule has 0 saturated heterocycles. The largest absolute Gasteiger partial charge is 0.465 e. The Labute approximate surface area is 132 Å². The zero-order chi connectivity index (χ0) is 16.1. The van der Waals surface area contributed by atoms with Gasteiger partial charge in [-0.1, -0.05) is 18.2 Å². The first-order chi connectivity index (χ1) is 10.6. The number of furan rings is 1. The van der Waals surface area contributed by atoms with Gasteiger partial charge >= 0.3 is 5.97 Å². The molecule has 7 heteroatoms. The molecule has 0 fully saturated rings. The van der Waals surface area contributed by atoms with Gasteiger partial charge < -0.3 is 19.8 Å². The van der Waals surface area contributed by atoms with Crippen molar-refractivity contribution in [2.75, 3.05) is 17.7 Å². The molecule has 2 aromatic rings. The normalized spacial score (nSPS) is 9.68. The summed E-state index contributed by atoms with van der Waals surface area (Å²) >= 11 is 5.16. The van der Waals surface area contributed by atoms with E-state index in [0.717, 1.165) is 5.69 Å². The number of anilines is 2. The highest BCUT2D eigenvalue weighted by Crippen LogP contribution is 2.27. The van der Waals surface area contributed by atoms with Crippen molar-refractivity contribution < 1.29 is 13.9 Å². The van der Waals surface area contributed by atoms with E-state index >= 15 is 0 Å². The molecule has 0 atom stereocenters. The number of nitriles is 1. The zero-order valence-corrected chi connectivity index (χ0v) is 12.8. The number of hydrogen-bond donors (Lipinski definition) is 2. The van der Waals surface area contributed by atoms with Crippen LogP contribution in [0.3, 0.4) is 0 Å². The Balaban J connectivity index is 2.22. The van der Waals surface area contributed by atoms with E-state index in [1.54, 1.807) is 6.92 Å². The third kappa shape index (κ3) is 3.24. The van der Waals surface area contributed by atoms with Crippen molar-refractivity contribution in [3.8, 4) is 6.07 Å². The average molecular weight is 315 g/mol. The van der Waals surface area contributed by atoms with E-state index in [0.29, 0.717) is 0 Å². The van der Waals surface area contributed by atoms with Crippen LogP contribution in [0.25, 0.3) is 0 Å². The van der Waals surface area contributed by atoms with Crippen LogP contribution >= 0.6 is 12.2 Å². The van der Waals surface area contributed by atoms with Gasteiger partial charge in [0.05, 0.1) is 7.11 Å². The van der Waals surface area contributed by atoms with Crippen LogP contribution in [0.15, 0.2) is 34.7 Å². The number of para-hydroxylation sites is 1. The number of rotatable bonds is 3. The third-order valence-electron chi connectivity index (χ3n) is 2.84. The number of carbonyl (C=O) groups is 1. The minimum Gasteiger partial charge on any atom is -0.465 e. The van der Waals surface area contributed by atoms with Gasteiger partial charge in [-0.25, -0.2) is 4.79 Å². The number of ether oxygens (including phenoxy) is 1. The molecule has 0 aliphatic heterocycles. The fourth-order valence-corrected chi connectivity index (χ4v) is 2.08. The number of benzene rings is 1. The summed E-state index contributed by atoms with van der Waals surface area (Å²) in [7, 11) is 1.24. The van der Waals surface area contributed by atoms with Gasteiger partial charge in [0.2, 0.25) is 5.88 Å². The molecule has 1 aromatic heterocycles. The smallest absolute Gasteiger partial charge is 0.342 e. The van der Waals surface area contributed by atoms with E-state index in [1.165, 1.54) is 7.11 Å². The summed E-state index contributed by atoms with van der Waals surface area (Å²) in [5.41, 5.74) is 0.937. The zero-order valence-electron chi connectivity index (χ0n) is 12.0. The van der Waals surface area contributed by atoms with E-state index in [-0.39, 0.29) is 27.9 Å². The molecular weight excluding hydrogens is 302 g/mol. The Kier molecular flexibility index (Phi) is 4.76. The van der Waals surface area contributed by atoms with Crippen molar-refractivity contribution in [1.82, 2.24) is 0 Å². The highest BCUT2D eigenvalue weighted by Gasteiger charge is 2.24. The molecule has 1 heterocycles. The Morgan fingerprint density at radius 2 is 2.00 bits per heavy atom. The molecule has 0 spiro atoms. The second kappa shape index (κ2) is 6.74. The predicted molar refractivity (Wildman–Crippen MR) is 85.8 cm³/mol. The number of nitrogens with one attached hydrogen (secondary N) is 2. The molecule has 0 unspecified atom stereocenters. The molecule has 0 amide bonds. The van der Waals surface area contributed by atoms with Crippen LogP contribution in [0.4, 0.5) is 11.6 Å². The van der Waals surface area contributed by atoms with Crippen LogP contribution in [0.1, 0.15) is 21.7 Å². The summed E-state index contributed by atoms with van der Waals surface area (Å²) < 4.78 is 10.1. The molecule has 22 heavy (non-hydrogen) atoms. The average Bonchev–Trinajstić information content (AvgIpc) is 2.82. The molecule has 0 radical (unpaired) electrons. The minimum atomic E-state index is -0.632. The fraction of sp³-hybridized carbons (Fsp3) is 0.133. The summed E-state index contributed by atoms with van der Waals surface area (Å²) in [4.78, 5) is 11.7. The quantitative estimate of drug-likeness (QED) is 0.665. The van der Waals surface area contributed by atoms with E-state index in [4.69, 9.17) is 16.6 Å². The molecular formula is C15H13N3O3S. The lowest BCUT2D eigenvalue weighted by Crippen LogP contribution is -2.19. The van der Waals surface area contributed by atoms with E-state index in [1.807, 2.05) is 36.4 Å². The first-order valence-electron chi connectivity index (χ1n) is 6.31. The highest BCUT2D eigenvalue weighted by atomic mass is 32.1. The summed E-state index contributed by atoms with van der Waals surface area (Å²) in [6.45, 7) is 1.58. The van der Waals surface area contributed by atoms with Crippen LogP contribution in [-0.4, -0.2) is 18.2 Å². The Hall–Kier alpha value is -2.85. The van der Waals surface area contributed by atoms with E-state index in [9.17, 15) is 10.1 Å². The highest BCUT2D eigenvalue weighted by molar-refractivity contribution is 7.80. The van der Waals surface area contributed by atoms with Crippen LogP contribution in [0, 0.1) is 18.3 Å². The molecule has 1 aromatic carbocycles. The van der Waals surface area contributed by atoms with Crippen molar-refractivity contribution >= 4 is 34.9 Å². The van der Waals surface area contributed by atoms with Gasteiger partial charge in [-0.2, -0.15) is 5.26 Å². The molecule has 0 saturated carbocycles. The first-order valence-corrected chi connectivity index (χ1v) is 6.72. The molecule has 0 aliphatic carbocycles. The number of nitrogens with zero attached hydrogens (tertiary/aromatic N) is 1. The number of aryl methyl sites for hydroxylation is 1. The molecule has 112 valence electrons. The summed E-state index contributed by atoms with van der Waals surface area (Å²) in [5.74, 6) is -0.241. The van der Waals surface area contributed by atoms with Crippen LogP contribution in [0.2, 0.25) is 0 Å². The summed E-state index contributed by atoms with van der Waals surface area (Å²) in [5, 5.41) is 15.2. The van der Waals surface area contributed by atoms with Crippen LogP contribution < -0.4 is 10.6 Å². The van der Waals surface area contributed by atoms with Gasteiger partial charge in [-0.15, -0.1) is 0 Å². The van der Waals surface area contributed by atoms with Gasteiger partial charge in [0.25, 0.3) is 0 Å². The SMILES string of the molecule is COC(=O)c1c(C)oc(NC(=S)Nc2ccccc2)c1C#N. The Morgan fingerprint density at radius 3 is 2.59 bits per heavy atom. The lowest BCUT2D eigenvalue weighted by molar-refractivity contribution is 0.0598. The van der Waals surface area contributed by atoms with Crippen molar-refractivity contribution in [3.05, 3.63) is 47.2 Å². The molecule has 0 bridgehead atoms. The lowest BCUT2D eigenvalue weighted by atomic mass is 10.1. The fourth-order valence-electron chi connectivity index (χ4n) is 1.87. The predicted octanol–water partition coefficient (Wildman–Crippen LogP) is 3.06. The monoisotopic (exact) mass is 315 g/mol. The Bertz CT molecular complexity index is 747. The van der Waals surface area contributed by atoms with Crippen molar-refractivity contribution in [3.63, 3.8) is 0 Å². The lowest BCUT2D eigenvalue weighted by Gasteiger charge is -2.08. The van der Waals surface area contributed by atoms with Crippen LogP contribution in [-0.2, 0) is 4.74 Å². The topological polar surface area (TPSA) is 87.3 Å². The van der Waals surface area contributed by atoms with Crippen molar-refractivity contribution in [2.24, 2.45) is 0 Å². The number of hydrogen-bond acceptors (Lipinski definition) is 5. The first kappa shape index (κ1) is 15.5. The van der Waals surface area contributed by atoms with E-state index < -0.39 is 5.97 Å². The molecule has 2 rings (SSSR count). The second-order valence-corrected chi connectivity index (χ2v) is 4.69. The summed E-state index contributed by atoms with van der Waals surface area (Å²) in [6, 6.07) is 11.2. The Morgan fingerprint density at radius 1 is 1.32 bits per heavy atom. The third-order valence-corrected chi connectivity index (χ3v) is 3.05. The number of methoxy groups -OCH3 is 1. The van der Waals surface area contributed by atoms with Gasteiger partial charge in [0.15, 0.2) is 5.11 Å².